The average molecular weight is 208 g/mol. The summed E-state index contributed by atoms with van der Waals surface area (Å²) in [6.07, 6.45) is -7.67. The summed E-state index contributed by atoms with van der Waals surface area (Å²) in [6, 6.07) is 0. The number of carboxylic acids is 1. The monoisotopic (exact) mass is 208 g/mol. The summed E-state index contributed by atoms with van der Waals surface area (Å²) in [4.78, 5) is 10.5. The molecule has 0 bridgehead atoms. The van der Waals surface area contributed by atoms with Gasteiger partial charge in [0, 0.05) is 0 Å². The molecule has 0 amide bonds. The number of hydrogen-bond acceptors (Lipinski definition) is 6. The molecule has 0 aliphatic carbocycles. The Balaban J connectivity index is 2.78. The van der Waals surface area contributed by atoms with Gasteiger partial charge in [0.1, 0.15) is 24.4 Å². The zero-order valence-electron chi connectivity index (χ0n) is 7.15. The highest BCUT2D eigenvalue weighted by atomic mass is 16.6. The Hall–Kier alpha value is -0.730. The van der Waals surface area contributed by atoms with Crippen LogP contribution in [0.3, 0.4) is 0 Å². The normalized spacial score (nSPS) is 43.6. The molecule has 1 heterocycles. The molecule has 1 aliphatic heterocycles. The van der Waals surface area contributed by atoms with Crippen molar-refractivity contribution in [1.82, 2.24) is 0 Å². The van der Waals surface area contributed by atoms with E-state index in [1.807, 2.05) is 0 Å². The molecule has 0 spiro atoms. The molecule has 0 unspecified atom stereocenters. The Bertz CT molecular complexity index is 216. The first-order chi connectivity index (χ1) is 6.49. The molecular formula is C7H12O7. The summed E-state index contributed by atoms with van der Waals surface area (Å²) in [6.45, 7) is -0.630. The zero-order valence-corrected chi connectivity index (χ0v) is 7.15. The lowest BCUT2D eigenvalue weighted by Gasteiger charge is -2.38. The van der Waals surface area contributed by atoms with Crippen LogP contribution in [0, 0.1) is 0 Å². The Kier molecular flexibility index (Phi) is 3.40. The van der Waals surface area contributed by atoms with Gasteiger partial charge in [-0.15, -0.1) is 0 Å². The van der Waals surface area contributed by atoms with E-state index in [4.69, 9.17) is 10.2 Å². The fourth-order valence-electron chi connectivity index (χ4n) is 1.31. The van der Waals surface area contributed by atoms with E-state index in [0.29, 0.717) is 0 Å². The SMILES string of the molecule is O=C(O)[C@@H]1O[C@@H](CO)[C@H](O)[C@@H](O)[C@@H]1O. The summed E-state index contributed by atoms with van der Waals surface area (Å²) in [5.74, 6) is -1.46. The molecule has 1 rings (SSSR count). The minimum Gasteiger partial charge on any atom is -0.479 e. The number of aliphatic carboxylic acids is 1. The predicted molar refractivity (Wildman–Crippen MR) is 41.4 cm³/mol. The minimum absolute atomic E-state index is 0.630. The molecule has 7 heteroatoms. The summed E-state index contributed by atoms with van der Waals surface area (Å²) in [5.41, 5.74) is 0. The number of carboxylic acid groups (broad SMARTS) is 1. The molecule has 5 N–H and O–H groups in total. The van der Waals surface area contributed by atoms with E-state index in [0.717, 1.165) is 0 Å². The molecule has 1 fully saturated rings. The summed E-state index contributed by atoms with van der Waals surface area (Å²) < 4.78 is 4.68. The van der Waals surface area contributed by atoms with Crippen molar-refractivity contribution < 1.29 is 35.1 Å². The van der Waals surface area contributed by atoms with Crippen LogP contribution >= 0.6 is 0 Å². The van der Waals surface area contributed by atoms with Crippen molar-refractivity contribution >= 4 is 5.97 Å². The second kappa shape index (κ2) is 4.20. The van der Waals surface area contributed by atoms with Gasteiger partial charge in [-0.2, -0.15) is 0 Å². The van der Waals surface area contributed by atoms with Crippen LogP contribution in [0.15, 0.2) is 0 Å². The van der Waals surface area contributed by atoms with Gasteiger partial charge in [0.2, 0.25) is 0 Å². The van der Waals surface area contributed by atoms with E-state index in [1.54, 1.807) is 0 Å². The van der Waals surface area contributed by atoms with Crippen LogP contribution in [0.25, 0.3) is 0 Å². The molecule has 7 nitrogen and oxygen atoms in total. The fraction of sp³-hybridized carbons (Fsp3) is 0.857. The van der Waals surface area contributed by atoms with Crippen LogP contribution in [-0.2, 0) is 9.53 Å². The van der Waals surface area contributed by atoms with Crippen LogP contribution in [0.4, 0.5) is 0 Å². The Morgan fingerprint density at radius 2 is 1.71 bits per heavy atom. The summed E-state index contributed by atoms with van der Waals surface area (Å²) >= 11 is 0. The van der Waals surface area contributed by atoms with Crippen LogP contribution < -0.4 is 0 Å². The first-order valence-corrected chi connectivity index (χ1v) is 4.02. The number of hydrogen-bond donors (Lipinski definition) is 5. The minimum atomic E-state index is -1.70. The maximum Gasteiger partial charge on any atom is 0.335 e. The maximum absolute atomic E-state index is 10.5. The fourth-order valence-corrected chi connectivity index (χ4v) is 1.31. The van der Waals surface area contributed by atoms with E-state index in [2.05, 4.69) is 4.74 Å². The third kappa shape index (κ3) is 1.86. The van der Waals surface area contributed by atoms with E-state index in [9.17, 15) is 20.1 Å². The molecule has 0 aromatic heterocycles. The van der Waals surface area contributed by atoms with Gasteiger partial charge < -0.3 is 30.3 Å². The second-order valence-corrected chi connectivity index (χ2v) is 3.09. The highest BCUT2D eigenvalue weighted by Crippen LogP contribution is 2.20. The third-order valence-electron chi connectivity index (χ3n) is 2.14. The smallest absolute Gasteiger partial charge is 0.335 e. The molecule has 14 heavy (non-hydrogen) atoms. The molecule has 5 atom stereocenters. The number of carbonyl (C=O) groups is 1. The number of ether oxygens (including phenoxy) is 1. The van der Waals surface area contributed by atoms with Crippen molar-refractivity contribution in [3.05, 3.63) is 0 Å². The van der Waals surface area contributed by atoms with Crippen LogP contribution in [-0.4, -0.2) is 68.6 Å². The number of aliphatic hydroxyl groups excluding tert-OH is 4. The van der Waals surface area contributed by atoms with Crippen molar-refractivity contribution in [2.45, 2.75) is 30.5 Å². The van der Waals surface area contributed by atoms with Gasteiger partial charge in [-0.1, -0.05) is 0 Å². The van der Waals surface area contributed by atoms with Crippen molar-refractivity contribution in [3.63, 3.8) is 0 Å². The van der Waals surface area contributed by atoms with E-state index < -0.39 is 43.1 Å². The first kappa shape index (κ1) is 11.3. The lowest BCUT2D eigenvalue weighted by Crippen LogP contribution is -2.60. The number of aliphatic hydroxyl groups is 4. The molecule has 1 saturated heterocycles. The maximum atomic E-state index is 10.5. The Morgan fingerprint density at radius 1 is 1.14 bits per heavy atom. The molecule has 0 radical (unpaired) electrons. The van der Waals surface area contributed by atoms with Gasteiger partial charge >= 0.3 is 5.97 Å². The van der Waals surface area contributed by atoms with Crippen LogP contribution in [0.1, 0.15) is 0 Å². The van der Waals surface area contributed by atoms with E-state index >= 15 is 0 Å². The lowest BCUT2D eigenvalue weighted by molar-refractivity contribution is -0.233. The zero-order chi connectivity index (χ0) is 10.9. The van der Waals surface area contributed by atoms with Crippen molar-refractivity contribution in [1.29, 1.82) is 0 Å². The van der Waals surface area contributed by atoms with Crippen LogP contribution in [0.5, 0.6) is 0 Å². The van der Waals surface area contributed by atoms with Crippen molar-refractivity contribution in [2.75, 3.05) is 6.61 Å². The van der Waals surface area contributed by atoms with E-state index in [1.165, 1.54) is 0 Å². The van der Waals surface area contributed by atoms with Gasteiger partial charge in [0.05, 0.1) is 6.61 Å². The average Bonchev–Trinajstić information content (AvgIpc) is 2.14. The summed E-state index contributed by atoms with van der Waals surface area (Å²) in [7, 11) is 0. The van der Waals surface area contributed by atoms with Gasteiger partial charge in [-0.25, -0.2) is 4.79 Å². The highest BCUT2D eigenvalue weighted by molar-refractivity contribution is 5.73. The van der Waals surface area contributed by atoms with Crippen LogP contribution in [0.2, 0.25) is 0 Å². The molecule has 1 aliphatic rings. The summed E-state index contributed by atoms with van der Waals surface area (Å²) in [5, 5.41) is 44.9. The molecule has 0 saturated carbocycles. The number of rotatable bonds is 2. The lowest BCUT2D eigenvalue weighted by atomic mass is 9.95. The largest absolute Gasteiger partial charge is 0.479 e. The van der Waals surface area contributed by atoms with Gasteiger partial charge in [-0.05, 0) is 0 Å². The van der Waals surface area contributed by atoms with Crippen molar-refractivity contribution in [2.24, 2.45) is 0 Å². The topological polar surface area (TPSA) is 127 Å². The molecule has 82 valence electrons. The quantitative estimate of drug-likeness (QED) is 0.325. The third-order valence-corrected chi connectivity index (χ3v) is 2.14. The van der Waals surface area contributed by atoms with Gasteiger partial charge in [-0.3, -0.25) is 0 Å². The molecule has 0 aromatic carbocycles. The molecular weight excluding hydrogens is 196 g/mol. The van der Waals surface area contributed by atoms with Gasteiger partial charge in [0.25, 0.3) is 0 Å². The standard InChI is InChI=1S/C7H12O7/c8-1-2-3(9)4(10)5(11)6(14-2)7(12)13/h2-6,8-11H,1H2,(H,12,13)/t2-,3-,4+,5-,6+/m0/s1. The van der Waals surface area contributed by atoms with E-state index in [-0.39, 0.29) is 0 Å². The van der Waals surface area contributed by atoms with Crippen molar-refractivity contribution in [3.8, 4) is 0 Å². The highest BCUT2D eigenvalue weighted by Gasteiger charge is 2.46. The van der Waals surface area contributed by atoms with Gasteiger partial charge in [0.15, 0.2) is 6.10 Å². The Labute approximate surface area is 79.2 Å². The second-order valence-electron chi connectivity index (χ2n) is 3.09. The first-order valence-electron chi connectivity index (χ1n) is 4.02. The predicted octanol–water partition coefficient (Wildman–Crippen LogP) is -3.09. The Morgan fingerprint density at radius 3 is 2.14 bits per heavy atom. The molecule has 0 aromatic rings.